The SMILES string of the molecule is C[C@@H](O)[C@H](NC(=O)[C@@H]1CCN(C(=O)[C@@H]2CCN(C(=O)O)C2)C1)C(N)=O. The molecular formula is C15H24N4O6. The summed E-state index contributed by atoms with van der Waals surface area (Å²) in [4.78, 5) is 49.7. The minimum absolute atomic E-state index is 0.152. The van der Waals surface area contributed by atoms with Crippen molar-refractivity contribution in [2.24, 2.45) is 17.6 Å². The zero-order valence-electron chi connectivity index (χ0n) is 14.1. The van der Waals surface area contributed by atoms with E-state index in [9.17, 15) is 24.3 Å². The van der Waals surface area contributed by atoms with Gasteiger partial charge >= 0.3 is 6.09 Å². The van der Waals surface area contributed by atoms with Gasteiger partial charge in [-0.3, -0.25) is 14.4 Å². The molecule has 2 saturated heterocycles. The number of likely N-dealkylation sites (tertiary alicyclic amines) is 2. The van der Waals surface area contributed by atoms with E-state index < -0.39 is 36.0 Å². The summed E-state index contributed by atoms with van der Waals surface area (Å²) in [5.74, 6) is -2.27. The quantitative estimate of drug-likeness (QED) is 0.455. The Balaban J connectivity index is 1.88. The highest BCUT2D eigenvalue weighted by Gasteiger charge is 2.38. The fourth-order valence-electron chi connectivity index (χ4n) is 3.27. The number of nitrogens with one attached hydrogen (secondary N) is 1. The third-order valence-electron chi connectivity index (χ3n) is 4.77. The first-order valence-electron chi connectivity index (χ1n) is 8.25. The molecule has 0 spiro atoms. The number of hydrogen-bond acceptors (Lipinski definition) is 5. The van der Waals surface area contributed by atoms with Crippen molar-refractivity contribution < 1.29 is 29.4 Å². The predicted octanol–water partition coefficient (Wildman–Crippen LogP) is -1.81. The van der Waals surface area contributed by atoms with E-state index in [1.807, 2.05) is 0 Å². The molecule has 0 saturated carbocycles. The summed E-state index contributed by atoms with van der Waals surface area (Å²) in [6.45, 7) is 2.47. The van der Waals surface area contributed by atoms with Crippen LogP contribution in [0.25, 0.3) is 0 Å². The van der Waals surface area contributed by atoms with Crippen LogP contribution in [-0.2, 0) is 14.4 Å². The van der Waals surface area contributed by atoms with Gasteiger partial charge in [-0.05, 0) is 19.8 Å². The van der Waals surface area contributed by atoms with Gasteiger partial charge in [0, 0.05) is 26.2 Å². The van der Waals surface area contributed by atoms with E-state index in [1.165, 1.54) is 11.8 Å². The Labute approximate surface area is 144 Å². The van der Waals surface area contributed by atoms with Crippen LogP contribution < -0.4 is 11.1 Å². The van der Waals surface area contributed by atoms with Crippen LogP contribution in [-0.4, -0.2) is 82.2 Å². The number of carbonyl (C=O) groups is 4. The number of primary amides is 1. The minimum Gasteiger partial charge on any atom is -0.465 e. The van der Waals surface area contributed by atoms with E-state index in [4.69, 9.17) is 10.8 Å². The average Bonchev–Trinajstić information content (AvgIpc) is 3.20. The highest BCUT2D eigenvalue weighted by molar-refractivity contribution is 5.89. The van der Waals surface area contributed by atoms with E-state index in [-0.39, 0.29) is 24.9 Å². The first-order chi connectivity index (χ1) is 11.7. The van der Waals surface area contributed by atoms with Crippen molar-refractivity contribution in [3.05, 3.63) is 0 Å². The number of nitrogens with two attached hydrogens (primary N) is 1. The fourth-order valence-corrected chi connectivity index (χ4v) is 3.27. The number of hydrogen-bond donors (Lipinski definition) is 4. The third-order valence-corrected chi connectivity index (χ3v) is 4.77. The molecule has 0 radical (unpaired) electrons. The number of aliphatic hydroxyl groups is 1. The van der Waals surface area contributed by atoms with Gasteiger partial charge in [0.15, 0.2) is 0 Å². The maximum Gasteiger partial charge on any atom is 0.407 e. The van der Waals surface area contributed by atoms with Crippen LogP contribution >= 0.6 is 0 Å². The van der Waals surface area contributed by atoms with Gasteiger partial charge in [0.25, 0.3) is 0 Å². The minimum atomic E-state index is -1.17. The lowest BCUT2D eigenvalue weighted by Gasteiger charge is -2.22. The van der Waals surface area contributed by atoms with Crippen LogP contribution in [0.2, 0.25) is 0 Å². The monoisotopic (exact) mass is 356 g/mol. The molecule has 4 atom stereocenters. The van der Waals surface area contributed by atoms with Gasteiger partial charge in [0.1, 0.15) is 6.04 Å². The van der Waals surface area contributed by atoms with Crippen molar-refractivity contribution >= 4 is 23.8 Å². The maximum atomic E-state index is 12.5. The third kappa shape index (κ3) is 4.38. The molecule has 4 amide bonds. The molecule has 140 valence electrons. The lowest BCUT2D eigenvalue weighted by molar-refractivity contribution is -0.135. The number of carbonyl (C=O) groups excluding carboxylic acids is 3. The maximum absolute atomic E-state index is 12.5. The van der Waals surface area contributed by atoms with Gasteiger partial charge < -0.3 is 31.1 Å². The van der Waals surface area contributed by atoms with Crippen LogP contribution in [0.15, 0.2) is 0 Å². The summed E-state index contributed by atoms with van der Waals surface area (Å²) in [6.07, 6.45) is -1.23. The Morgan fingerprint density at radius 3 is 2.16 bits per heavy atom. The zero-order chi connectivity index (χ0) is 18.7. The molecule has 0 aliphatic carbocycles. The highest BCUT2D eigenvalue weighted by atomic mass is 16.4. The Morgan fingerprint density at radius 2 is 1.64 bits per heavy atom. The standard InChI is InChI=1S/C15H24N4O6/c1-8(20)11(12(16)21)17-13(22)9-2-4-18(6-9)14(23)10-3-5-19(7-10)15(24)25/h8-11,20H,2-7H2,1H3,(H2,16,21)(H,17,22)(H,24,25)/t8-,9-,10-,11+/m1/s1. The van der Waals surface area contributed by atoms with Crippen LogP contribution in [0.1, 0.15) is 19.8 Å². The van der Waals surface area contributed by atoms with Gasteiger partial charge in [0.05, 0.1) is 17.9 Å². The zero-order valence-corrected chi connectivity index (χ0v) is 14.1. The number of carboxylic acid groups (broad SMARTS) is 1. The molecule has 2 aliphatic heterocycles. The molecule has 0 unspecified atom stereocenters. The van der Waals surface area contributed by atoms with E-state index >= 15 is 0 Å². The van der Waals surface area contributed by atoms with Gasteiger partial charge in [0.2, 0.25) is 17.7 Å². The van der Waals surface area contributed by atoms with Crippen LogP contribution in [0.3, 0.4) is 0 Å². The van der Waals surface area contributed by atoms with E-state index in [0.29, 0.717) is 25.9 Å². The Kier molecular flexibility index (Phi) is 5.83. The normalized spacial score (nSPS) is 25.5. The summed E-state index contributed by atoms with van der Waals surface area (Å²) in [7, 11) is 0. The van der Waals surface area contributed by atoms with E-state index in [0.717, 1.165) is 0 Å². The Bertz CT molecular complexity index is 566. The summed E-state index contributed by atoms with van der Waals surface area (Å²) in [5, 5.41) is 20.9. The average molecular weight is 356 g/mol. The van der Waals surface area contributed by atoms with Gasteiger partial charge in [-0.1, -0.05) is 0 Å². The second-order valence-corrected chi connectivity index (χ2v) is 6.61. The highest BCUT2D eigenvalue weighted by Crippen LogP contribution is 2.24. The van der Waals surface area contributed by atoms with Crippen molar-refractivity contribution in [2.75, 3.05) is 26.2 Å². The molecule has 0 bridgehead atoms. The lowest BCUT2D eigenvalue weighted by Crippen LogP contribution is -2.52. The second kappa shape index (κ2) is 7.68. The van der Waals surface area contributed by atoms with Gasteiger partial charge in [-0.15, -0.1) is 0 Å². The molecule has 0 aromatic rings. The summed E-state index contributed by atoms with van der Waals surface area (Å²) >= 11 is 0. The van der Waals surface area contributed by atoms with Crippen LogP contribution in [0.4, 0.5) is 4.79 Å². The second-order valence-electron chi connectivity index (χ2n) is 6.61. The van der Waals surface area contributed by atoms with Crippen LogP contribution in [0, 0.1) is 11.8 Å². The van der Waals surface area contributed by atoms with Crippen LogP contribution in [0.5, 0.6) is 0 Å². The number of aliphatic hydroxyl groups excluding tert-OH is 1. The predicted molar refractivity (Wildman–Crippen MR) is 85.2 cm³/mol. The molecule has 10 heteroatoms. The first kappa shape index (κ1) is 19.0. The van der Waals surface area contributed by atoms with E-state index in [2.05, 4.69) is 5.32 Å². The Hall–Kier alpha value is -2.36. The first-order valence-corrected chi connectivity index (χ1v) is 8.25. The Morgan fingerprint density at radius 1 is 1.08 bits per heavy atom. The number of rotatable bonds is 5. The number of nitrogens with zero attached hydrogens (tertiary/aromatic N) is 2. The molecule has 0 aromatic carbocycles. The molecule has 5 N–H and O–H groups in total. The molecule has 2 aliphatic rings. The fraction of sp³-hybridized carbons (Fsp3) is 0.733. The molecule has 0 aromatic heterocycles. The molecule has 2 heterocycles. The lowest BCUT2D eigenvalue weighted by atomic mass is 10.1. The van der Waals surface area contributed by atoms with Gasteiger partial charge in [-0.25, -0.2) is 4.79 Å². The summed E-state index contributed by atoms with van der Waals surface area (Å²) in [5.41, 5.74) is 5.15. The molecule has 25 heavy (non-hydrogen) atoms. The molecule has 2 fully saturated rings. The van der Waals surface area contributed by atoms with E-state index in [1.54, 1.807) is 4.90 Å². The smallest absolute Gasteiger partial charge is 0.407 e. The largest absolute Gasteiger partial charge is 0.465 e. The van der Waals surface area contributed by atoms with Crippen molar-refractivity contribution in [1.29, 1.82) is 0 Å². The molecular weight excluding hydrogens is 332 g/mol. The number of amides is 4. The molecule has 10 nitrogen and oxygen atoms in total. The van der Waals surface area contributed by atoms with Gasteiger partial charge in [-0.2, -0.15) is 0 Å². The van der Waals surface area contributed by atoms with Crippen molar-refractivity contribution in [1.82, 2.24) is 15.1 Å². The summed E-state index contributed by atoms with van der Waals surface area (Å²) < 4.78 is 0. The van der Waals surface area contributed by atoms with Crippen molar-refractivity contribution in [3.8, 4) is 0 Å². The summed E-state index contributed by atoms with van der Waals surface area (Å²) in [6, 6.07) is -1.17. The van der Waals surface area contributed by atoms with Crippen molar-refractivity contribution in [2.45, 2.75) is 31.9 Å². The topological polar surface area (TPSA) is 153 Å². The van der Waals surface area contributed by atoms with Crippen molar-refractivity contribution in [3.63, 3.8) is 0 Å². The molecule has 2 rings (SSSR count).